The van der Waals surface area contributed by atoms with Crippen molar-refractivity contribution in [2.45, 2.75) is 129 Å². The molecule has 57 heavy (non-hydrogen) atoms. The first-order valence-electron chi connectivity index (χ1n) is 19.1. The lowest BCUT2D eigenvalue weighted by Gasteiger charge is -2.67. The van der Waals surface area contributed by atoms with Crippen LogP contribution in [0.5, 0.6) is 0 Å². The van der Waals surface area contributed by atoms with E-state index in [0.29, 0.717) is 0 Å². The summed E-state index contributed by atoms with van der Waals surface area (Å²) >= 11 is 1.39. The summed E-state index contributed by atoms with van der Waals surface area (Å²) in [7, 11) is 0. The normalized spacial score (nSPS) is 34.2. The number of thiophene rings is 1. The minimum atomic E-state index is -2.32. The van der Waals surface area contributed by atoms with Crippen LogP contribution in [0.25, 0.3) is 0 Å². The fourth-order valence-electron chi connectivity index (χ4n) is 9.69. The summed E-state index contributed by atoms with van der Waals surface area (Å²) in [6.07, 6.45) is -10.2. The first kappa shape index (κ1) is 42.6. The lowest BCUT2D eigenvalue weighted by Crippen LogP contribution is -2.81. The van der Waals surface area contributed by atoms with Crippen LogP contribution in [-0.2, 0) is 44.5 Å². The number of nitrogens with one attached hydrogen (secondary N) is 1. The highest BCUT2D eigenvalue weighted by molar-refractivity contribution is 7.10. The number of ketones is 1. The van der Waals surface area contributed by atoms with Crippen molar-refractivity contribution >= 4 is 40.9 Å². The van der Waals surface area contributed by atoms with E-state index in [2.05, 4.69) is 5.32 Å². The summed E-state index contributed by atoms with van der Waals surface area (Å²) in [5, 5.41) is 53.6. The Morgan fingerprint density at radius 3 is 2.26 bits per heavy atom. The predicted molar refractivity (Wildman–Crippen MR) is 204 cm³/mol. The van der Waals surface area contributed by atoms with Crippen LogP contribution >= 0.6 is 11.3 Å². The summed E-state index contributed by atoms with van der Waals surface area (Å²) in [5.74, 6) is -5.64. The highest BCUT2D eigenvalue weighted by atomic mass is 32.1. The molecule has 1 amide bonds. The van der Waals surface area contributed by atoms with Gasteiger partial charge in [0.2, 0.25) is 5.91 Å². The second-order valence-corrected chi connectivity index (χ2v) is 18.7. The topological polar surface area (TPSA) is 215 Å². The van der Waals surface area contributed by atoms with E-state index < -0.39 is 112 Å². The molecule has 1 saturated heterocycles. The molecular formula is C42H53NO13S. The van der Waals surface area contributed by atoms with Gasteiger partial charge in [-0.15, -0.1) is 11.3 Å². The van der Waals surface area contributed by atoms with Gasteiger partial charge in [0.1, 0.15) is 30.0 Å². The summed E-state index contributed by atoms with van der Waals surface area (Å²) in [5.41, 5.74) is -8.23. The number of benzene rings is 1. The van der Waals surface area contributed by atoms with Gasteiger partial charge in [-0.1, -0.05) is 58.9 Å². The number of hydrogen-bond donors (Lipinski definition) is 5. The van der Waals surface area contributed by atoms with Gasteiger partial charge in [-0.05, 0) is 54.0 Å². The van der Waals surface area contributed by atoms with Crippen LogP contribution in [0.1, 0.15) is 83.5 Å². The quantitative estimate of drug-likeness (QED) is 0.140. The largest absolute Gasteiger partial charge is 0.456 e. The predicted octanol–water partition coefficient (Wildman–Crippen LogP) is 2.83. The molecule has 1 aromatic carbocycles. The van der Waals surface area contributed by atoms with Crippen molar-refractivity contribution in [3.05, 3.63) is 69.4 Å². The van der Waals surface area contributed by atoms with Crippen molar-refractivity contribution in [3.8, 4) is 0 Å². The van der Waals surface area contributed by atoms with Crippen LogP contribution in [0, 0.1) is 22.2 Å². The van der Waals surface area contributed by atoms with E-state index in [1.54, 1.807) is 65.0 Å². The van der Waals surface area contributed by atoms with E-state index >= 15 is 0 Å². The summed E-state index contributed by atoms with van der Waals surface area (Å²) in [4.78, 5) is 69.7. The number of rotatable bonds is 9. The molecule has 11 atom stereocenters. The standard InChI is InChI=1S/C42H53NO13S/c1-21-25(54-37(51)31(48)33(38(3,4)5)43-28(46)17-24-15-12-16-57-24)19-42(52)35(55-36(50)23-13-10-9-11-14-23)32-40(8,34(49)30(47)29(21)39(42,6)7)26(45)18-27-41(32,20-53-27)56-22(2)44/h9-16,25-27,30-33,35,45,47-48,52H,17-20H2,1-8H3,(H,43,46)/t25-,26-,27+,30+,31+,32-,33+,35-,40+,41-,42+/m0/s1. The van der Waals surface area contributed by atoms with E-state index in [-0.39, 0.29) is 36.2 Å². The van der Waals surface area contributed by atoms with Gasteiger partial charge < -0.3 is 44.7 Å². The minimum absolute atomic E-state index is 0.0203. The molecule has 2 saturated carbocycles. The number of carbonyl (C=O) groups is 5. The lowest BCUT2D eigenvalue weighted by molar-refractivity contribution is -0.346. The SMILES string of the molecule is CC(=O)O[C@@]12CO[C@@H]1C[C@H](O)[C@@]1(C)C(=O)[C@H](O)C3=C(C)[C@@H](OC(=O)[C@H](O)[C@@H](NC(=O)Cc4cccs4)C(C)(C)C)C[C@@](O)([C@@H](OC(=O)c4ccccc4)[C@H]21)C3(C)C. The van der Waals surface area contributed by atoms with Crippen molar-refractivity contribution in [1.29, 1.82) is 0 Å². The second-order valence-electron chi connectivity index (χ2n) is 17.7. The molecule has 3 fully saturated rings. The van der Waals surface area contributed by atoms with Crippen molar-refractivity contribution in [2.75, 3.05) is 6.61 Å². The number of carbonyl (C=O) groups excluding carboxylic acids is 5. The zero-order valence-corrected chi connectivity index (χ0v) is 34.3. The molecule has 3 aliphatic carbocycles. The average Bonchev–Trinajstić information content (AvgIpc) is 3.64. The number of Topliss-reactive ketones (excluding diaryl/α,β-unsaturated/α-hetero) is 1. The molecule has 0 unspecified atom stereocenters. The molecule has 2 bridgehead atoms. The van der Waals surface area contributed by atoms with Crippen molar-refractivity contribution in [3.63, 3.8) is 0 Å². The molecule has 1 aliphatic heterocycles. The maximum atomic E-state index is 14.9. The maximum Gasteiger partial charge on any atom is 0.338 e. The second kappa shape index (κ2) is 15.0. The summed E-state index contributed by atoms with van der Waals surface area (Å²) in [6.45, 7) is 12.1. The van der Waals surface area contributed by atoms with Gasteiger partial charge in [0.15, 0.2) is 17.5 Å². The Morgan fingerprint density at radius 1 is 1.04 bits per heavy atom. The zero-order valence-electron chi connectivity index (χ0n) is 33.4. The van der Waals surface area contributed by atoms with E-state index in [4.69, 9.17) is 18.9 Å². The molecule has 0 spiro atoms. The highest BCUT2D eigenvalue weighted by Crippen LogP contribution is 2.64. The number of amides is 1. The van der Waals surface area contributed by atoms with Gasteiger partial charge >= 0.3 is 17.9 Å². The van der Waals surface area contributed by atoms with Crippen LogP contribution in [0.3, 0.4) is 0 Å². The van der Waals surface area contributed by atoms with Crippen LogP contribution in [-0.4, -0.2) is 110 Å². The zero-order chi connectivity index (χ0) is 42.0. The molecule has 5 N–H and O–H groups in total. The Hall–Kier alpha value is -3.99. The number of hydrogen-bond acceptors (Lipinski definition) is 14. The van der Waals surface area contributed by atoms with Crippen LogP contribution in [0.15, 0.2) is 59.0 Å². The number of fused-ring (bicyclic) bond motifs is 5. The average molecular weight is 812 g/mol. The van der Waals surface area contributed by atoms with Crippen LogP contribution in [0.4, 0.5) is 0 Å². The number of aliphatic hydroxyl groups excluding tert-OH is 3. The molecule has 14 nitrogen and oxygen atoms in total. The fraction of sp³-hybridized carbons (Fsp3) is 0.595. The van der Waals surface area contributed by atoms with Gasteiger partial charge in [0, 0.05) is 30.1 Å². The van der Waals surface area contributed by atoms with Crippen molar-refractivity contribution < 1.29 is 63.3 Å². The van der Waals surface area contributed by atoms with E-state index in [1.165, 1.54) is 37.3 Å². The van der Waals surface area contributed by atoms with Crippen LogP contribution < -0.4 is 5.32 Å². The first-order valence-corrected chi connectivity index (χ1v) is 20.0. The van der Waals surface area contributed by atoms with Crippen molar-refractivity contribution in [2.24, 2.45) is 22.2 Å². The smallest absolute Gasteiger partial charge is 0.338 e. The molecule has 0 radical (unpaired) electrons. The van der Waals surface area contributed by atoms with E-state index in [0.717, 1.165) is 11.8 Å². The number of esters is 3. The Labute approximate surface area is 335 Å². The van der Waals surface area contributed by atoms with Gasteiger partial charge in [0.25, 0.3) is 0 Å². The monoisotopic (exact) mass is 811 g/mol. The van der Waals surface area contributed by atoms with Gasteiger partial charge in [-0.3, -0.25) is 14.4 Å². The Balaban J connectivity index is 1.46. The molecular weight excluding hydrogens is 759 g/mol. The van der Waals surface area contributed by atoms with E-state index in [1.807, 2.05) is 5.38 Å². The Bertz CT molecular complexity index is 1940. The van der Waals surface area contributed by atoms with Crippen LogP contribution in [0.2, 0.25) is 0 Å². The van der Waals surface area contributed by atoms with Gasteiger partial charge in [-0.2, -0.15) is 0 Å². The van der Waals surface area contributed by atoms with Crippen molar-refractivity contribution in [1.82, 2.24) is 5.32 Å². The van der Waals surface area contributed by atoms with Gasteiger partial charge in [-0.25, -0.2) is 9.59 Å². The van der Waals surface area contributed by atoms with E-state index in [9.17, 15) is 44.4 Å². The molecule has 2 heterocycles. The number of ether oxygens (including phenoxy) is 4. The first-order chi connectivity index (χ1) is 26.5. The maximum absolute atomic E-state index is 14.9. The molecule has 6 rings (SSSR count). The summed E-state index contributed by atoms with van der Waals surface area (Å²) < 4.78 is 24.1. The third-order valence-corrected chi connectivity index (χ3v) is 13.8. The molecule has 310 valence electrons. The third-order valence-electron chi connectivity index (χ3n) is 12.9. The molecule has 4 aliphatic rings. The number of aliphatic hydroxyl groups is 4. The molecule has 15 heteroatoms. The fourth-order valence-corrected chi connectivity index (χ4v) is 10.4. The third kappa shape index (κ3) is 7.03. The lowest BCUT2D eigenvalue weighted by atomic mass is 9.44. The highest BCUT2D eigenvalue weighted by Gasteiger charge is 2.78. The summed E-state index contributed by atoms with van der Waals surface area (Å²) in [6, 6.07) is 10.4. The minimum Gasteiger partial charge on any atom is -0.456 e. The molecule has 1 aromatic heterocycles. The Kier molecular flexibility index (Phi) is 11.2. The molecule has 2 aromatic rings. The van der Waals surface area contributed by atoms with Gasteiger partial charge in [0.05, 0.1) is 42.1 Å². The Morgan fingerprint density at radius 2 is 1.70 bits per heavy atom.